The van der Waals surface area contributed by atoms with Gasteiger partial charge in [0.25, 0.3) is 0 Å². The Bertz CT molecular complexity index is 931. The summed E-state index contributed by atoms with van der Waals surface area (Å²) in [6.45, 7) is 2.74. The van der Waals surface area contributed by atoms with Crippen molar-refractivity contribution in [3.63, 3.8) is 0 Å². The molecule has 2 N–H and O–H groups in total. The van der Waals surface area contributed by atoms with Gasteiger partial charge in [-0.1, -0.05) is 36.4 Å². The van der Waals surface area contributed by atoms with Crippen LogP contribution in [0.2, 0.25) is 0 Å². The molecule has 0 unspecified atom stereocenters. The molecule has 0 aromatic heterocycles. The smallest absolute Gasteiger partial charge is 0.243 e. The highest BCUT2D eigenvalue weighted by molar-refractivity contribution is 7.89. The second kappa shape index (κ2) is 7.42. The predicted molar refractivity (Wildman–Crippen MR) is 106 cm³/mol. The lowest BCUT2D eigenvalue weighted by Gasteiger charge is -2.15. The fourth-order valence-electron chi connectivity index (χ4n) is 3.58. The number of benzene rings is 2. The maximum absolute atomic E-state index is 12.6. The number of aliphatic imine (C=N–C) groups is 1. The Labute approximate surface area is 160 Å². The molecule has 6 nitrogen and oxygen atoms in total. The van der Waals surface area contributed by atoms with Crippen LogP contribution in [-0.2, 0) is 16.4 Å². The van der Waals surface area contributed by atoms with Crippen LogP contribution in [0.25, 0.3) is 0 Å². The largest absolute Gasteiger partial charge is 0.293 e. The van der Waals surface area contributed by atoms with Gasteiger partial charge in [0.05, 0.1) is 18.0 Å². The molecule has 1 fully saturated rings. The molecular formula is C20H24N4O2S. The van der Waals surface area contributed by atoms with Gasteiger partial charge in [0.1, 0.15) is 5.84 Å². The van der Waals surface area contributed by atoms with E-state index in [1.807, 2.05) is 24.3 Å². The van der Waals surface area contributed by atoms with Crippen LogP contribution in [0.1, 0.15) is 29.5 Å². The van der Waals surface area contributed by atoms with Crippen LogP contribution in [0, 0.1) is 0 Å². The SMILES string of the molecule is NN1CCN=C1c1ccc(Cc2ccc(S(=O)(=O)N3CCCC3)cc2)cc1. The van der Waals surface area contributed by atoms with E-state index in [0.29, 0.717) is 18.0 Å². The first kappa shape index (κ1) is 18.2. The fraction of sp³-hybridized carbons (Fsp3) is 0.350. The molecule has 1 saturated heterocycles. The van der Waals surface area contributed by atoms with Gasteiger partial charge in [0, 0.05) is 18.7 Å². The molecule has 2 aromatic carbocycles. The number of sulfonamides is 1. The van der Waals surface area contributed by atoms with Gasteiger partial charge in [0.15, 0.2) is 0 Å². The van der Waals surface area contributed by atoms with Crippen LogP contribution in [0.3, 0.4) is 0 Å². The summed E-state index contributed by atoms with van der Waals surface area (Å²) in [6, 6.07) is 15.4. The van der Waals surface area contributed by atoms with Crippen molar-refractivity contribution in [1.82, 2.24) is 9.31 Å². The normalized spacial score (nSPS) is 18.1. The molecule has 2 aromatic rings. The molecule has 0 saturated carbocycles. The quantitative estimate of drug-likeness (QED) is 0.800. The van der Waals surface area contributed by atoms with E-state index in [-0.39, 0.29) is 0 Å². The van der Waals surface area contributed by atoms with Crippen molar-refractivity contribution in [2.24, 2.45) is 10.8 Å². The van der Waals surface area contributed by atoms with Crippen molar-refractivity contribution >= 4 is 15.9 Å². The van der Waals surface area contributed by atoms with Crippen molar-refractivity contribution < 1.29 is 8.42 Å². The minimum Gasteiger partial charge on any atom is -0.293 e. The first-order valence-corrected chi connectivity index (χ1v) is 10.7. The van der Waals surface area contributed by atoms with Gasteiger partial charge in [-0.3, -0.25) is 10.0 Å². The molecule has 2 heterocycles. The maximum Gasteiger partial charge on any atom is 0.243 e. The number of hydrogen-bond donors (Lipinski definition) is 1. The Kier molecular flexibility index (Phi) is 4.99. The minimum absolute atomic E-state index is 0.380. The second-order valence-electron chi connectivity index (χ2n) is 7.03. The molecule has 0 bridgehead atoms. The fourth-order valence-corrected chi connectivity index (χ4v) is 5.10. The molecule has 0 aliphatic carbocycles. The zero-order valence-electron chi connectivity index (χ0n) is 15.2. The summed E-state index contributed by atoms with van der Waals surface area (Å²) in [5.41, 5.74) is 3.27. The molecule has 2 aliphatic rings. The lowest BCUT2D eigenvalue weighted by Crippen LogP contribution is -2.34. The number of hydrogen-bond acceptors (Lipinski definition) is 5. The molecular weight excluding hydrogens is 360 g/mol. The van der Waals surface area contributed by atoms with Crippen molar-refractivity contribution in [1.29, 1.82) is 0 Å². The summed E-state index contributed by atoms with van der Waals surface area (Å²) in [5.74, 6) is 6.75. The van der Waals surface area contributed by atoms with Crippen molar-refractivity contribution in [3.8, 4) is 0 Å². The molecule has 7 heteroatoms. The summed E-state index contributed by atoms with van der Waals surface area (Å²) in [6.07, 6.45) is 2.65. The monoisotopic (exact) mass is 384 g/mol. The van der Waals surface area contributed by atoms with Crippen molar-refractivity contribution in [2.75, 3.05) is 26.2 Å². The van der Waals surface area contributed by atoms with Gasteiger partial charge in [0.2, 0.25) is 10.0 Å². The van der Waals surface area contributed by atoms with Gasteiger partial charge in [-0.15, -0.1) is 0 Å². The van der Waals surface area contributed by atoms with E-state index in [4.69, 9.17) is 5.84 Å². The third-order valence-electron chi connectivity index (χ3n) is 5.12. The standard InChI is InChI=1S/C20H24N4O2S/c21-24-14-11-22-20(24)18-7-3-16(4-8-18)15-17-5-9-19(10-6-17)27(25,26)23-12-1-2-13-23/h3-10H,1-2,11-15,21H2. The van der Waals surface area contributed by atoms with Gasteiger partial charge in [-0.05, 0) is 42.5 Å². The lowest BCUT2D eigenvalue weighted by atomic mass is 10.0. The molecule has 27 heavy (non-hydrogen) atoms. The Balaban J connectivity index is 1.45. The van der Waals surface area contributed by atoms with Crippen LogP contribution in [0.15, 0.2) is 58.4 Å². The van der Waals surface area contributed by atoms with Crippen LogP contribution >= 0.6 is 0 Å². The lowest BCUT2D eigenvalue weighted by molar-refractivity contribution is 0.477. The number of hydrazine groups is 1. The second-order valence-corrected chi connectivity index (χ2v) is 8.97. The number of amidine groups is 1. The van der Waals surface area contributed by atoms with Crippen LogP contribution in [0.4, 0.5) is 0 Å². The van der Waals surface area contributed by atoms with E-state index in [1.54, 1.807) is 21.4 Å². The van der Waals surface area contributed by atoms with E-state index in [2.05, 4.69) is 17.1 Å². The Morgan fingerprint density at radius 1 is 0.889 bits per heavy atom. The average molecular weight is 385 g/mol. The zero-order valence-corrected chi connectivity index (χ0v) is 16.0. The van der Waals surface area contributed by atoms with E-state index in [9.17, 15) is 8.42 Å². The molecule has 0 atom stereocenters. The maximum atomic E-state index is 12.6. The number of nitrogens with zero attached hydrogens (tertiary/aromatic N) is 3. The predicted octanol–water partition coefficient (Wildman–Crippen LogP) is 2.00. The molecule has 142 valence electrons. The van der Waals surface area contributed by atoms with Crippen molar-refractivity contribution in [3.05, 3.63) is 65.2 Å². The molecule has 4 rings (SSSR count). The number of rotatable bonds is 5. The summed E-state index contributed by atoms with van der Waals surface area (Å²) in [7, 11) is -3.34. The van der Waals surface area contributed by atoms with E-state index >= 15 is 0 Å². The Morgan fingerprint density at radius 3 is 2.04 bits per heavy atom. The van der Waals surface area contributed by atoms with Crippen LogP contribution in [0.5, 0.6) is 0 Å². The molecule has 0 amide bonds. The van der Waals surface area contributed by atoms with E-state index in [1.165, 1.54) is 0 Å². The molecule has 0 spiro atoms. The topological polar surface area (TPSA) is 79.0 Å². The third-order valence-corrected chi connectivity index (χ3v) is 7.03. The van der Waals surface area contributed by atoms with Crippen LogP contribution < -0.4 is 5.84 Å². The summed E-state index contributed by atoms with van der Waals surface area (Å²) < 4.78 is 26.8. The highest BCUT2D eigenvalue weighted by Crippen LogP contribution is 2.22. The summed E-state index contributed by atoms with van der Waals surface area (Å²) >= 11 is 0. The van der Waals surface area contributed by atoms with Gasteiger partial charge in [-0.2, -0.15) is 4.31 Å². The van der Waals surface area contributed by atoms with Gasteiger partial charge in [-0.25, -0.2) is 14.3 Å². The summed E-state index contributed by atoms with van der Waals surface area (Å²) in [4.78, 5) is 4.80. The molecule has 2 aliphatic heterocycles. The highest BCUT2D eigenvalue weighted by atomic mass is 32.2. The van der Waals surface area contributed by atoms with Crippen LogP contribution in [-0.4, -0.2) is 49.7 Å². The van der Waals surface area contributed by atoms with E-state index < -0.39 is 10.0 Å². The Morgan fingerprint density at radius 2 is 1.48 bits per heavy atom. The molecule has 0 radical (unpaired) electrons. The minimum atomic E-state index is -3.34. The van der Waals surface area contributed by atoms with Gasteiger partial charge >= 0.3 is 0 Å². The van der Waals surface area contributed by atoms with Crippen molar-refractivity contribution in [2.45, 2.75) is 24.2 Å². The Hall–Kier alpha value is -2.22. The first-order valence-electron chi connectivity index (χ1n) is 9.29. The highest BCUT2D eigenvalue weighted by Gasteiger charge is 2.26. The number of nitrogens with two attached hydrogens (primary N) is 1. The average Bonchev–Trinajstić information content (AvgIpc) is 3.35. The summed E-state index contributed by atoms with van der Waals surface area (Å²) in [5, 5.41) is 1.68. The zero-order chi connectivity index (χ0) is 18.9. The van der Waals surface area contributed by atoms with Gasteiger partial charge < -0.3 is 0 Å². The van der Waals surface area contributed by atoms with E-state index in [0.717, 1.165) is 54.9 Å². The third kappa shape index (κ3) is 3.76. The first-order chi connectivity index (χ1) is 13.0.